The monoisotopic (exact) mass is 356 g/mol. The van der Waals surface area contributed by atoms with Gasteiger partial charge in [0.25, 0.3) is 0 Å². The maximum atomic E-state index is 11.7. The average Bonchev–Trinajstić information content (AvgIpc) is 2.52. The molecule has 148 valence electrons. The molecule has 0 spiro atoms. The summed E-state index contributed by atoms with van der Waals surface area (Å²) in [7, 11) is 0. The van der Waals surface area contributed by atoms with Crippen LogP contribution >= 0.6 is 0 Å². The van der Waals surface area contributed by atoms with Gasteiger partial charge in [-0.3, -0.25) is 9.59 Å². The van der Waals surface area contributed by atoms with Crippen LogP contribution in [0.4, 0.5) is 0 Å². The molecule has 0 heterocycles. The van der Waals surface area contributed by atoms with E-state index < -0.39 is 0 Å². The Bertz CT molecular complexity index is 350. The third kappa shape index (κ3) is 17.6. The van der Waals surface area contributed by atoms with Gasteiger partial charge in [-0.05, 0) is 44.4 Å². The van der Waals surface area contributed by atoms with E-state index in [1.165, 1.54) is 0 Å². The van der Waals surface area contributed by atoms with Gasteiger partial charge in [-0.1, -0.05) is 53.4 Å². The molecule has 4 nitrogen and oxygen atoms in total. The van der Waals surface area contributed by atoms with Crippen molar-refractivity contribution in [2.75, 3.05) is 6.61 Å². The van der Waals surface area contributed by atoms with Gasteiger partial charge in [0.1, 0.15) is 0 Å². The van der Waals surface area contributed by atoms with E-state index in [0.717, 1.165) is 51.4 Å². The minimum Gasteiger partial charge on any atom is -0.466 e. The first-order valence-corrected chi connectivity index (χ1v) is 10.2. The Morgan fingerprint density at radius 1 is 0.680 bits per heavy atom. The van der Waals surface area contributed by atoms with Gasteiger partial charge in [-0.25, -0.2) is 0 Å². The summed E-state index contributed by atoms with van der Waals surface area (Å²) < 4.78 is 10.6. The standard InChI is InChI=1S/C21H40O4/c1-17(2)11-6-8-14-20(22)24-16-10-13-19(5)25-21(23)15-9-7-12-18(3)4/h17-19H,6-16H2,1-5H3. The quantitative estimate of drug-likeness (QED) is 0.280. The number of hydrogen-bond donors (Lipinski definition) is 0. The average molecular weight is 357 g/mol. The number of hydrogen-bond acceptors (Lipinski definition) is 4. The molecule has 0 aliphatic carbocycles. The lowest BCUT2D eigenvalue weighted by Crippen LogP contribution is -2.16. The topological polar surface area (TPSA) is 52.6 Å². The van der Waals surface area contributed by atoms with Crippen LogP contribution in [-0.4, -0.2) is 24.6 Å². The second kappa shape index (κ2) is 15.2. The Labute approximate surface area is 155 Å². The van der Waals surface area contributed by atoms with Crippen molar-refractivity contribution in [3.05, 3.63) is 0 Å². The molecule has 0 aliphatic heterocycles. The van der Waals surface area contributed by atoms with E-state index in [4.69, 9.17) is 9.47 Å². The molecule has 25 heavy (non-hydrogen) atoms. The second-order valence-corrected chi connectivity index (χ2v) is 7.94. The number of carbonyl (C=O) groups is 2. The fourth-order valence-electron chi connectivity index (χ4n) is 2.62. The zero-order chi connectivity index (χ0) is 19.1. The summed E-state index contributed by atoms with van der Waals surface area (Å²) >= 11 is 0. The molecule has 0 fully saturated rings. The number of unbranched alkanes of at least 4 members (excludes halogenated alkanes) is 2. The molecule has 0 N–H and O–H groups in total. The van der Waals surface area contributed by atoms with E-state index in [1.807, 2.05) is 6.92 Å². The third-order valence-corrected chi connectivity index (χ3v) is 4.18. The summed E-state index contributed by atoms with van der Waals surface area (Å²) in [5.74, 6) is 1.15. The lowest BCUT2D eigenvalue weighted by molar-refractivity contribution is -0.150. The van der Waals surface area contributed by atoms with Crippen LogP contribution in [0.5, 0.6) is 0 Å². The molecule has 0 aromatic rings. The van der Waals surface area contributed by atoms with Crippen LogP contribution in [0.25, 0.3) is 0 Å². The van der Waals surface area contributed by atoms with Crippen LogP contribution in [0.15, 0.2) is 0 Å². The molecule has 0 saturated heterocycles. The zero-order valence-electron chi connectivity index (χ0n) is 17.1. The van der Waals surface area contributed by atoms with Crippen molar-refractivity contribution in [2.45, 2.75) is 105 Å². The highest BCUT2D eigenvalue weighted by Crippen LogP contribution is 2.11. The van der Waals surface area contributed by atoms with Crippen molar-refractivity contribution >= 4 is 11.9 Å². The van der Waals surface area contributed by atoms with Gasteiger partial charge in [0.15, 0.2) is 0 Å². The summed E-state index contributed by atoms with van der Waals surface area (Å²) in [6.07, 6.45) is 8.65. The highest BCUT2D eigenvalue weighted by atomic mass is 16.5. The molecular formula is C21H40O4. The van der Waals surface area contributed by atoms with Crippen LogP contribution in [0, 0.1) is 11.8 Å². The summed E-state index contributed by atoms with van der Waals surface area (Å²) in [6.45, 7) is 11.1. The molecule has 0 amide bonds. The Morgan fingerprint density at radius 2 is 1.20 bits per heavy atom. The fourth-order valence-corrected chi connectivity index (χ4v) is 2.62. The van der Waals surface area contributed by atoms with Crippen LogP contribution in [0.2, 0.25) is 0 Å². The highest BCUT2D eigenvalue weighted by molar-refractivity contribution is 5.69. The molecule has 0 rings (SSSR count). The Kier molecular flexibility index (Phi) is 14.6. The van der Waals surface area contributed by atoms with Crippen LogP contribution in [-0.2, 0) is 19.1 Å². The van der Waals surface area contributed by atoms with Crippen LogP contribution in [0.3, 0.4) is 0 Å². The first-order chi connectivity index (χ1) is 11.8. The lowest BCUT2D eigenvalue weighted by Gasteiger charge is -2.13. The van der Waals surface area contributed by atoms with Gasteiger partial charge in [0.2, 0.25) is 0 Å². The largest absolute Gasteiger partial charge is 0.466 e. The van der Waals surface area contributed by atoms with Crippen LogP contribution < -0.4 is 0 Å². The molecule has 1 unspecified atom stereocenters. The maximum absolute atomic E-state index is 11.7. The molecule has 0 aromatic carbocycles. The van der Waals surface area contributed by atoms with Crippen molar-refractivity contribution in [2.24, 2.45) is 11.8 Å². The van der Waals surface area contributed by atoms with Crippen molar-refractivity contribution < 1.29 is 19.1 Å². The van der Waals surface area contributed by atoms with E-state index in [-0.39, 0.29) is 18.0 Å². The van der Waals surface area contributed by atoms with Crippen molar-refractivity contribution in [1.82, 2.24) is 0 Å². The zero-order valence-corrected chi connectivity index (χ0v) is 17.1. The predicted molar refractivity (Wildman–Crippen MR) is 102 cm³/mol. The van der Waals surface area contributed by atoms with Gasteiger partial charge >= 0.3 is 11.9 Å². The van der Waals surface area contributed by atoms with Crippen molar-refractivity contribution in [1.29, 1.82) is 0 Å². The van der Waals surface area contributed by atoms with Gasteiger partial charge in [0, 0.05) is 12.8 Å². The van der Waals surface area contributed by atoms with Crippen molar-refractivity contribution in [3.63, 3.8) is 0 Å². The van der Waals surface area contributed by atoms with Crippen LogP contribution in [0.1, 0.15) is 98.8 Å². The number of ether oxygens (including phenoxy) is 2. The number of carbonyl (C=O) groups excluding carboxylic acids is 2. The summed E-state index contributed by atoms with van der Waals surface area (Å²) in [4.78, 5) is 23.3. The first-order valence-electron chi connectivity index (χ1n) is 10.2. The highest BCUT2D eigenvalue weighted by Gasteiger charge is 2.10. The van der Waals surface area contributed by atoms with E-state index in [2.05, 4.69) is 27.7 Å². The van der Waals surface area contributed by atoms with Gasteiger partial charge in [0.05, 0.1) is 12.7 Å². The molecule has 1 atom stereocenters. The van der Waals surface area contributed by atoms with Gasteiger partial charge < -0.3 is 9.47 Å². The number of esters is 2. The lowest BCUT2D eigenvalue weighted by atomic mass is 10.1. The third-order valence-electron chi connectivity index (χ3n) is 4.18. The van der Waals surface area contributed by atoms with Gasteiger partial charge in [-0.2, -0.15) is 0 Å². The minimum atomic E-state index is -0.113. The SMILES string of the molecule is CC(C)CCCCC(=O)OCCCC(C)OC(=O)CCCCC(C)C. The molecule has 0 aromatic heterocycles. The second-order valence-electron chi connectivity index (χ2n) is 7.94. The van der Waals surface area contributed by atoms with Gasteiger partial charge in [-0.15, -0.1) is 0 Å². The van der Waals surface area contributed by atoms with Crippen molar-refractivity contribution in [3.8, 4) is 0 Å². The molecule has 0 bridgehead atoms. The number of rotatable bonds is 15. The summed E-state index contributed by atoms with van der Waals surface area (Å²) in [5.41, 5.74) is 0. The summed E-state index contributed by atoms with van der Waals surface area (Å²) in [6, 6.07) is 0. The normalized spacial score (nSPS) is 12.4. The smallest absolute Gasteiger partial charge is 0.306 e. The van der Waals surface area contributed by atoms with E-state index in [0.29, 0.717) is 31.3 Å². The predicted octanol–water partition coefficient (Wildman–Crippen LogP) is 5.67. The molecule has 4 heteroatoms. The van der Waals surface area contributed by atoms with E-state index in [9.17, 15) is 9.59 Å². The molecule has 0 radical (unpaired) electrons. The van der Waals surface area contributed by atoms with E-state index >= 15 is 0 Å². The fraction of sp³-hybridized carbons (Fsp3) is 0.905. The van der Waals surface area contributed by atoms with E-state index in [1.54, 1.807) is 0 Å². The minimum absolute atomic E-state index is 0.109. The molecular weight excluding hydrogens is 316 g/mol. The maximum Gasteiger partial charge on any atom is 0.306 e. The Morgan fingerprint density at radius 3 is 1.72 bits per heavy atom. The Hall–Kier alpha value is -1.06. The Balaban J connectivity index is 3.54. The molecule has 0 aliphatic rings. The molecule has 0 saturated carbocycles. The summed E-state index contributed by atoms with van der Waals surface area (Å²) in [5, 5.41) is 0. The first kappa shape index (κ1) is 23.9.